The Balaban J connectivity index is 1.63. The maximum absolute atomic E-state index is 13.5. The molecule has 3 aliphatic heterocycles. The second kappa shape index (κ2) is 7.92. The second-order valence-electron chi connectivity index (χ2n) is 7.74. The first-order valence-electron chi connectivity index (χ1n) is 9.99. The number of ether oxygens (including phenoxy) is 1. The Bertz CT molecular complexity index is 946. The van der Waals surface area contributed by atoms with Gasteiger partial charge in [-0.2, -0.15) is 0 Å². The fraction of sp³-hybridized carbons (Fsp3) is 0.476. The van der Waals surface area contributed by atoms with Crippen molar-refractivity contribution in [3.8, 4) is 0 Å². The van der Waals surface area contributed by atoms with E-state index in [1.807, 2.05) is 36.9 Å². The Kier molecular flexibility index (Phi) is 5.46. The predicted octanol–water partition coefficient (Wildman–Crippen LogP) is 2.70. The average molecular weight is 432 g/mol. The van der Waals surface area contributed by atoms with Gasteiger partial charge in [0, 0.05) is 43.7 Å². The number of nitrogens with zero attached hydrogens (tertiary/aromatic N) is 5. The van der Waals surface area contributed by atoms with Crippen LogP contribution in [0.5, 0.6) is 0 Å². The molecule has 1 aromatic rings. The van der Waals surface area contributed by atoms with Crippen molar-refractivity contribution in [1.82, 2.24) is 19.6 Å². The summed E-state index contributed by atoms with van der Waals surface area (Å²) in [6.45, 7) is 5.54. The van der Waals surface area contributed by atoms with Crippen LogP contribution in [0.25, 0.3) is 0 Å². The molecule has 0 N–H and O–H groups in total. The van der Waals surface area contributed by atoms with E-state index in [0.29, 0.717) is 11.6 Å². The van der Waals surface area contributed by atoms with Crippen molar-refractivity contribution >= 4 is 29.5 Å². The first kappa shape index (κ1) is 20.7. The van der Waals surface area contributed by atoms with Gasteiger partial charge in [0.2, 0.25) is 5.96 Å². The van der Waals surface area contributed by atoms with Crippen molar-refractivity contribution < 1.29 is 14.3 Å². The van der Waals surface area contributed by atoms with E-state index in [1.54, 1.807) is 25.1 Å². The number of fused-ring (bicyclic) bond motifs is 3. The molecule has 0 bridgehead atoms. The molecule has 2 unspecified atom stereocenters. The molecule has 3 aliphatic rings. The number of imide groups is 1. The fourth-order valence-electron chi connectivity index (χ4n) is 4.26. The van der Waals surface area contributed by atoms with Gasteiger partial charge in [-0.25, -0.2) is 9.79 Å². The van der Waals surface area contributed by atoms with Crippen LogP contribution in [0.3, 0.4) is 0 Å². The number of methoxy groups -OCH3 is 1. The van der Waals surface area contributed by atoms with Gasteiger partial charge in [0.05, 0.1) is 6.54 Å². The Morgan fingerprint density at radius 3 is 2.57 bits per heavy atom. The normalized spacial score (nSPS) is 23.4. The summed E-state index contributed by atoms with van der Waals surface area (Å²) in [4.78, 5) is 38.2. The molecule has 0 spiro atoms. The number of urea groups is 1. The number of guanidine groups is 1. The molecule has 2 atom stereocenters. The van der Waals surface area contributed by atoms with Crippen LogP contribution in [0.15, 0.2) is 40.7 Å². The maximum Gasteiger partial charge on any atom is 0.328 e. The zero-order valence-electron chi connectivity index (χ0n) is 17.6. The largest absolute Gasteiger partial charge is 0.385 e. The quantitative estimate of drug-likeness (QED) is 0.648. The van der Waals surface area contributed by atoms with Gasteiger partial charge in [-0.1, -0.05) is 29.8 Å². The van der Waals surface area contributed by atoms with Crippen molar-refractivity contribution in [2.24, 2.45) is 4.99 Å². The number of hydrogen-bond acceptors (Lipinski definition) is 6. The van der Waals surface area contributed by atoms with Gasteiger partial charge in [0.15, 0.2) is 12.2 Å². The molecule has 4 rings (SSSR count). The number of rotatable bonds is 6. The molecule has 0 saturated carbocycles. The smallest absolute Gasteiger partial charge is 0.328 e. The van der Waals surface area contributed by atoms with E-state index in [1.165, 1.54) is 4.90 Å². The first-order chi connectivity index (χ1) is 14.4. The summed E-state index contributed by atoms with van der Waals surface area (Å²) in [6.07, 6.45) is 0.292. The minimum absolute atomic E-state index is 0.132. The van der Waals surface area contributed by atoms with Crippen molar-refractivity contribution in [3.63, 3.8) is 0 Å². The third-order valence-corrected chi connectivity index (χ3v) is 6.39. The standard InChI is InChI=1S/C21H26ClN5O3/c1-13-14(2)27-17-18(23-20(27)25(13)10-7-11-30-4)24(3)21(29)26(19(17)28)12-15-8-5-6-9-16(15)22/h5-6,8-9,17-18H,7,10-12H2,1-4H3. The third-order valence-electron chi connectivity index (χ3n) is 6.02. The summed E-state index contributed by atoms with van der Waals surface area (Å²) >= 11 is 6.28. The van der Waals surface area contributed by atoms with Gasteiger partial charge in [-0.3, -0.25) is 14.6 Å². The molecule has 9 heteroatoms. The molecule has 3 amide bonds. The molecular formula is C21H26ClN5O3. The van der Waals surface area contributed by atoms with Crippen molar-refractivity contribution in [2.45, 2.75) is 39.0 Å². The molecule has 0 radical (unpaired) electrons. The summed E-state index contributed by atoms with van der Waals surface area (Å²) in [5, 5.41) is 0.531. The van der Waals surface area contributed by atoms with Crippen LogP contribution in [-0.2, 0) is 16.1 Å². The molecule has 8 nitrogen and oxygen atoms in total. The highest BCUT2D eigenvalue weighted by molar-refractivity contribution is 6.31. The van der Waals surface area contributed by atoms with Crippen LogP contribution in [-0.4, -0.2) is 77.0 Å². The van der Waals surface area contributed by atoms with Gasteiger partial charge in [0.25, 0.3) is 5.91 Å². The summed E-state index contributed by atoms with van der Waals surface area (Å²) in [5.74, 6) is 0.469. The summed E-state index contributed by atoms with van der Waals surface area (Å²) in [5.41, 5.74) is 2.78. The lowest BCUT2D eigenvalue weighted by Crippen LogP contribution is -2.64. The molecule has 1 aromatic carbocycles. The van der Waals surface area contributed by atoms with Gasteiger partial charge in [-0.05, 0) is 31.9 Å². The molecule has 0 aromatic heterocycles. The van der Waals surface area contributed by atoms with Crippen LogP contribution < -0.4 is 0 Å². The van der Waals surface area contributed by atoms with Gasteiger partial charge in [-0.15, -0.1) is 0 Å². The Labute approximate surface area is 181 Å². The minimum Gasteiger partial charge on any atom is -0.385 e. The zero-order valence-corrected chi connectivity index (χ0v) is 18.4. The third kappa shape index (κ3) is 3.15. The summed E-state index contributed by atoms with van der Waals surface area (Å²) in [7, 11) is 3.37. The maximum atomic E-state index is 13.5. The van der Waals surface area contributed by atoms with E-state index < -0.39 is 12.2 Å². The Morgan fingerprint density at radius 2 is 1.87 bits per heavy atom. The van der Waals surface area contributed by atoms with Crippen LogP contribution in [0, 0.1) is 0 Å². The van der Waals surface area contributed by atoms with Crippen molar-refractivity contribution in [2.75, 3.05) is 27.3 Å². The number of halogens is 1. The van der Waals surface area contributed by atoms with Crippen molar-refractivity contribution in [3.05, 3.63) is 46.2 Å². The number of carbonyl (C=O) groups is 2. The molecule has 1 fully saturated rings. The monoisotopic (exact) mass is 431 g/mol. The predicted molar refractivity (Wildman–Crippen MR) is 114 cm³/mol. The lowest BCUT2D eigenvalue weighted by Gasteiger charge is -2.40. The van der Waals surface area contributed by atoms with Gasteiger partial charge < -0.3 is 14.5 Å². The summed E-state index contributed by atoms with van der Waals surface area (Å²) in [6, 6.07) is 6.31. The lowest BCUT2D eigenvalue weighted by atomic mass is 10.1. The average Bonchev–Trinajstić information content (AvgIpc) is 3.22. The SMILES string of the molecule is COCCCN1C2=NC3C(C(=O)N(Cc4ccccc4Cl)C(=O)N3C)N2C(C)=C1C. The van der Waals surface area contributed by atoms with E-state index in [4.69, 9.17) is 21.3 Å². The van der Waals surface area contributed by atoms with Crippen LogP contribution >= 0.6 is 11.6 Å². The van der Waals surface area contributed by atoms with Crippen LogP contribution in [0.4, 0.5) is 4.79 Å². The molecule has 1 saturated heterocycles. The second-order valence-corrected chi connectivity index (χ2v) is 8.14. The van der Waals surface area contributed by atoms with E-state index in [9.17, 15) is 9.59 Å². The van der Waals surface area contributed by atoms with Gasteiger partial charge >= 0.3 is 6.03 Å². The molecule has 0 aliphatic carbocycles. The van der Waals surface area contributed by atoms with E-state index in [-0.39, 0.29) is 18.5 Å². The number of hydrogen-bond donors (Lipinski definition) is 0. The topological polar surface area (TPSA) is 68.7 Å². The lowest BCUT2D eigenvalue weighted by molar-refractivity contribution is -0.137. The number of benzene rings is 1. The zero-order chi connectivity index (χ0) is 21.6. The van der Waals surface area contributed by atoms with E-state index in [0.717, 1.165) is 35.9 Å². The summed E-state index contributed by atoms with van der Waals surface area (Å²) < 4.78 is 5.18. The highest BCUT2D eigenvalue weighted by Crippen LogP contribution is 2.38. The Hall–Kier alpha value is -2.58. The molecule has 30 heavy (non-hydrogen) atoms. The first-order valence-corrected chi connectivity index (χ1v) is 10.4. The van der Waals surface area contributed by atoms with E-state index in [2.05, 4.69) is 4.90 Å². The highest BCUT2D eigenvalue weighted by Gasteiger charge is 2.55. The number of carbonyl (C=O) groups excluding carboxylic acids is 2. The number of allylic oxidation sites excluding steroid dienone is 2. The minimum atomic E-state index is -0.576. The number of aliphatic imine (C=N–C) groups is 1. The van der Waals surface area contributed by atoms with Gasteiger partial charge in [0.1, 0.15) is 0 Å². The van der Waals surface area contributed by atoms with Crippen LogP contribution in [0.1, 0.15) is 25.8 Å². The van der Waals surface area contributed by atoms with E-state index >= 15 is 0 Å². The highest BCUT2D eigenvalue weighted by atomic mass is 35.5. The molecule has 160 valence electrons. The van der Waals surface area contributed by atoms with Crippen molar-refractivity contribution in [1.29, 1.82) is 0 Å². The molecular weight excluding hydrogens is 406 g/mol. The fourth-order valence-corrected chi connectivity index (χ4v) is 4.45. The van der Waals surface area contributed by atoms with Crippen LogP contribution in [0.2, 0.25) is 5.02 Å². The number of likely N-dealkylation sites (N-methyl/N-ethyl adjacent to an activating group) is 1. The Morgan fingerprint density at radius 1 is 1.13 bits per heavy atom. The number of amides is 3. The molecule has 3 heterocycles.